The predicted molar refractivity (Wildman–Crippen MR) is 67.1 cm³/mol. The molecule has 0 unspecified atom stereocenters. The fourth-order valence-electron chi connectivity index (χ4n) is 1.82. The standard InChI is InChI=1S/C11H10N4OS/c1-14-10(6-11(16)15(14)2)7-3-4-8-9(5-7)13-17-12-8/h3-6H,1-2H3. The molecule has 0 fully saturated rings. The highest BCUT2D eigenvalue weighted by Gasteiger charge is 2.09. The first-order chi connectivity index (χ1) is 8.16. The van der Waals surface area contributed by atoms with Crippen LogP contribution in [0.4, 0.5) is 0 Å². The molecular formula is C11H10N4OS. The molecule has 0 N–H and O–H groups in total. The third kappa shape index (κ3) is 1.49. The second kappa shape index (κ2) is 3.53. The summed E-state index contributed by atoms with van der Waals surface area (Å²) in [5.41, 5.74) is 3.60. The van der Waals surface area contributed by atoms with Gasteiger partial charge in [0.25, 0.3) is 5.56 Å². The van der Waals surface area contributed by atoms with Crippen LogP contribution in [0.25, 0.3) is 22.3 Å². The molecule has 0 aliphatic carbocycles. The van der Waals surface area contributed by atoms with E-state index in [2.05, 4.69) is 8.75 Å². The maximum absolute atomic E-state index is 11.6. The van der Waals surface area contributed by atoms with Crippen molar-refractivity contribution in [3.8, 4) is 11.3 Å². The van der Waals surface area contributed by atoms with Crippen molar-refractivity contribution in [1.29, 1.82) is 0 Å². The quantitative estimate of drug-likeness (QED) is 0.652. The maximum atomic E-state index is 11.6. The van der Waals surface area contributed by atoms with Gasteiger partial charge in [-0.25, -0.2) is 0 Å². The molecule has 86 valence electrons. The van der Waals surface area contributed by atoms with E-state index < -0.39 is 0 Å². The molecule has 3 rings (SSSR count). The molecule has 0 bridgehead atoms. The van der Waals surface area contributed by atoms with Crippen molar-refractivity contribution in [3.63, 3.8) is 0 Å². The lowest BCUT2D eigenvalue weighted by atomic mass is 10.1. The Hall–Kier alpha value is -1.95. The molecule has 0 amide bonds. The van der Waals surface area contributed by atoms with Gasteiger partial charge in [-0.15, -0.1) is 0 Å². The number of benzene rings is 1. The lowest BCUT2D eigenvalue weighted by Gasteiger charge is -2.05. The number of rotatable bonds is 1. The summed E-state index contributed by atoms with van der Waals surface area (Å²) in [5, 5.41) is 0. The van der Waals surface area contributed by atoms with Gasteiger partial charge in [0, 0.05) is 25.7 Å². The number of hydrogen-bond donors (Lipinski definition) is 0. The molecule has 17 heavy (non-hydrogen) atoms. The van der Waals surface area contributed by atoms with Crippen LogP contribution in [0.15, 0.2) is 29.1 Å². The van der Waals surface area contributed by atoms with E-state index in [9.17, 15) is 4.79 Å². The summed E-state index contributed by atoms with van der Waals surface area (Å²) in [7, 11) is 3.61. The van der Waals surface area contributed by atoms with Crippen molar-refractivity contribution >= 4 is 22.8 Å². The summed E-state index contributed by atoms with van der Waals surface area (Å²) in [6.07, 6.45) is 0. The van der Waals surface area contributed by atoms with Gasteiger partial charge in [0.1, 0.15) is 11.0 Å². The maximum Gasteiger partial charge on any atom is 0.266 e. The van der Waals surface area contributed by atoms with Crippen LogP contribution in [0.3, 0.4) is 0 Å². The molecule has 1 aromatic carbocycles. The smallest absolute Gasteiger partial charge is 0.266 e. The van der Waals surface area contributed by atoms with Crippen molar-refractivity contribution in [2.45, 2.75) is 0 Å². The highest BCUT2D eigenvalue weighted by molar-refractivity contribution is 7.00. The topological polar surface area (TPSA) is 52.7 Å². The Bertz CT molecular complexity index is 752. The average molecular weight is 246 g/mol. The molecule has 2 aromatic heterocycles. The largest absolute Gasteiger partial charge is 0.285 e. The van der Waals surface area contributed by atoms with Crippen molar-refractivity contribution in [3.05, 3.63) is 34.6 Å². The third-order valence-electron chi connectivity index (χ3n) is 2.93. The molecule has 0 spiro atoms. The highest BCUT2D eigenvalue weighted by Crippen LogP contribution is 2.22. The molecule has 2 heterocycles. The zero-order chi connectivity index (χ0) is 12.0. The third-order valence-corrected chi connectivity index (χ3v) is 3.48. The Balaban J connectivity index is 2.26. The highest BCUT2D eigenvalue weighted by atomic mass is 32.1. The Morgan fingerprint density at radius 1 is 1.06 bits per heavy atom. The van der Waals surface area contributed by atoms with Crippen molar-refractivity contribution < 1.29 is 0 Å². The molecule has 0 atom stereocenters. The minimum atomic E-state index is -0.0148. The van der Waals surface area contributed by atoms with E-state index >= 15 is 0 Å². The molecule has 0 saturated carbocycles. The van der Waals surface area contributed by atoms with Gasteiger partial charge in [-0.05, 0) is 12.1 Å². The SMILES string of the molecule is Cn1c(-c2ccc3nsnc3c2)cc(=O)n1C. The summed E-state index contributed by atoms with van der Waals surface area (Å²) in [6.45, 7) is 0. The first-order valence-corrected chi connectivity index (χ1v) is 5.85. The van der Waals surface area contributed by atoms with Gasteiger partial charge in [0.05, 0.1) is 17.4 Å². The van der Waals surface area contributed by atoms with Crippen molar-refractivity contribution in [2.24, 2.45) is 14.1 Å². The van der Waals surface area contributed by atoms with Gasteiger partial charge in [-0.3, -0.25) is 14.2 Å². The van der Waals surface area contributed by atoms with E-state index in [1.165, 1.54) is 11.7 Å². The zero-order valence-corrected chi connectivity index (χ0v) is 10.2. The van der Waals surface area contributed by atoms with Crippen LogP contribution < -0.4 is 5.56 Å². The summed E-state index contributed by atoms with van der Waals surface area (Å²) >= 11 is 1.20. The number of nitrogens with zero attached hydrogens (tertiary/aromatic N) is 4. The van der Waals surface area contributed by atoms with Gasteiger partial charge in [0.2, 0.25) is 0 Å². The summed E-state index contributed by atoms with van der Waals surface area (Å²) in [4.78, 5) is 11.6. The van der Waals surface area contributed by atoms with E-state index in [1.54, 1.807) is 17.8 Å². The molecule has 0 radical (unpaired) electrons. The van der Waals surface area contributed by atoms with Gasteiger partial charge in [-0.2, -0.15) is 8.75 Å². The van der Waals surface area contributed by atoms with E-state index in [0.717, 1.165) is 22.3 Å². The Kier molecular flexibility index (Phi) is 2.12. The number of hydrogen-bond acceptors (Lipinski definition) is 4. The van der Waals surface area contributed by atoms with Gasteiger partial charge < -0.3 is 0 Å². The second-order valence-electron chi connectivity index (χ2n) is 3.88. The normalized spacial score (nSPS) is 11.2. The van der Waals surface area contributed by atoms with E-state index in [1.807, 2.05) is 29.9 Å². The monoisotopic (exact) mass is 246 g/mol. The van der Waals surface area contributed by atoms with Crippen LogP contribution in [-0.2, 0) is 14.1 Å². The summed E-state index contributed by atoms with van der Waals surface area (Å²) < 4.78 is 11.7. The molecule has 5 nitrogen and oxygen atoms in total. The Morgan fingerprint density at radius 3 is 2.53 bits per heavy atom. The Morgan fingerprint density at radius 2 is 1.82 bits per heavy atom. The number of fused-ring (bicyclic) bond motifs is 1. The first-order valence-electron chi connectivity index (χ1n) is 5.12. The van der Waals surface area contributed by atoms with E-state index in [4.69, 9.17) is 0 Å². The van der Waals surface area contributed by atoms with Crippen LogP contribution in [0.1, 0.15) is 0 Å². The molecule has 0 saturated heterocycles. The summed E-state index contributed by atoms with van der Waals surface area (Å²) in [6, 6.07) is 7.46. The molecular weight excluding hydrogens is 236 g/mol. The van der Waals surface area contributed by atoms with Crippen LogP contribution in [0.2, 0.25) is 0 Å². The van der Waals surface area contributed by atoms with Crippen LogP contribution in [0.5, 0.6) is 0 Å². The van der Waals surface area contributed by atoms with Gasteiger partial charge >= 0.3 is 0 Å². The average Bonchev–Trinajstić information content (AvgIpc) is 2.89. The molecule has 0 aliphatic rings. The fraction of sp³-hybridized carbons (Fsp3) is 0.182. The lowest BCUT2D eigenvalue weighted by Crippen LogP contribution is -2.16. The van der Waals surface area contributed by atoms with Crippen LogP contribution in [0, 0.1) is 0 Å². The van der Waals surface area contributed by atoms with E-state index in [0.29, 0.717) is 0 Å². The van der Waals surface area contributed by atoms with E-state index in [-0.39, 0.29) is 5.56 Å². The molecule has 6 heteroatoms. The van der Waals surface area contributed by atoms with Gasteiger partial charge in [-0.1, -0.05) is 6.07 Å². The van der Waals surface area contributed by atoms with Crippen LogP contribution >= 0.6 is 11.7 Å². The van der Waals surface area contributed by atoms with Gasteiger partial charge in [0.15, 0.2) is 0 Å². The summed E-state index contributed by atoms with van der Waals surface area (Å²) in [5.74, 6) is 0. The number of aromatic nitrogens is 4. The second-order valence-corrected chi connectivity index (χ2v) is 4.41. The minimum Gasteiger partial charge on any atom is -0.285 e. The molecule has 3 aromatic rings. The fourth-order valence-corrected chi connectivity index (χ4v) is 2.34. The first kappa shape index (κ1) is 10.2. The molecule has 0 aliphatic heterocycles. The van der Waals surface area contributed by atoms with Crippen LogP contribution in [-0.4, -0.2) is 18.1 Å². The zero-order valence-electron chi connectivity index (χ0n) is 9.41. The predicted octanol–water partition coefficient (Wildman–Crippen LogP) is 1.40. The van der Waals surface area contributed by atoms with Crippen molar-refractivity contribution in [2.75, 3.05) is 0 Å². The lowest BCUT2D eigenvalue weighted by molar-refractivity contribution is 0.584. The van der Waals surface area contributed by atoms with Crippen molar-refractivity contribution in [1.82, 2.24) is 18.1 Å². The minimum absolute atomic E-state index is 0.0148. The Labute approximate surface area is 101 Å².